The number of carbonyl (C=O) groups is 1. The number of imidazole rings is 1. The number of Topliss-reactive ketones (excluding diaryl/α,β-unsaturated/α-hetero) is 1. The van der Waals surface area contributed by atoms with Crippen LogP contribution in [0.4, 0.5) is 4.39 Å². The van der Waals surface area contributed by atoms with E-state index in [0.717, 1.165) is 4.57 Å². The molecule has 0 radical (unpaired) electrons. The van der Waals surface area contributed by atoms with E-state index >= 15 is 0 Å². The quantitative estimate of drug-likeness (QED) is 0.404. The van der Waals surface area contributed by atoms with Crippen molar-refractivity contribution in [1.29, 1.82) is 0 Å². The molecule has 8 nitrogen and oxygen atoms in total. The fourth-order valence-corrected chi connectivity index (χ4v) is 3.67. The molecular formula is C24H23FN4O4. The van der Waals surface area contributed by atoms with Crippen LogP contribution in [0, 0.1) is 11.7 Å². The number of benzene rings is 2. The van der Waals surface area contributed by atoms with Gasteiger partial charge in [0.15, 0.2) is 16.9 Å². The van der Waals surface area contributed by atoms with Crippen molar-refractivity contribution in [2.45, 2.75) is 26.9 Å². The molecule has 0 aliphatic heterocycles. The first-order chi connectivity index (χ1) is 15.8. The van der Waals surface area contributed by atoms with E-state index in [1.165, 1.54) is 46.8 Å². The number of carbonyl (C=O) groups excluding carboxylic acids is 1. The number of fused-ring (bicyclic) bond motifs is 1. The van der Waals surface area contributed by atoms with E-state index in [2.05, 4.69) is 4.98 Å². The van der Waals surface area contributed by atoms with Crippen molar-refractivity contribution in [1.82, 2.24) is 18.7 Å². The molecule has 33 heavy (non-hydrogen) atoms. The number of aromatic nitrogens is 4. The standard InChI is InChI=1S/C24H23FN4O4/c1-15(2)12-28-23(31)21-22(29(24(28)32)18-8-6-17(25)7-9-18)26-14-27(21)13-20(30)16-4-10-19(33-3)11-5-16/h4-11,14-15H,12-13H2,1-3H3. The van der Waals surface area contributed by atoms with Gasteiger partial charge in [0.05, 0.1) is 25.7 Å². The summed E-state index contributed by atoms with van der Waals surface area (Å²) in [4.78, 5) is 43.7. The molecule has 2 aromatic heterocycles. The first kappa shape index (κ1) is 22.2. The van der Waals surface area contributed by atoms with Gasteiger partial charge >= 0.3 is 5.69 Å². The molecule has 4 rings (SSSR count). The number of hydrogen-bond donors (Lipinski definition) is 0. The average Bonchev–Trinajstić information content (AvgIpc) is 3.21. The molecule has 0 N–H and O–H groups in total. The van der Waals surface area contributed by atoms with E-state index in [0.29, 0.717) is 17.0 Å². The number of nitrogens with zero attached hydrogens (tertiary/aromatic N) is 4. The number of hydrogen-bond acceptors (Lipinski definition) is 5. The molecule has 0 fully saturated rings. The first-order valence-electron chi connectivity index (χ1n) is 10.4. The van der Waals surface area contributed by atoms with Crippen LogP contribution in [0.1, 0.15) is 24.2 Å². The fraction of sp³-hybridized carbons (Fsp3) is 0.250. The van der Waals surface area contributed by atoms with Gasteiger partial charge < -0.3 is 9.30 Å². The van der Waals surface area contributed by atoms with Gasteiger partial charge in [-0.1, -0.05) is 13.8 Å². The summed E-state index contributed by atoms with van der Waals surface area (Å²) >= 11 is 0. The highest BCUT2D eigenvalue weighted by atomic mass is 19.1. The van der Waals surface area contributed by atoms with Gasteiger partial charge in [0.1, 0.15) is 11.6 Å². The minimum absolute atomic E-state index is 0.0202. The van der Waals surface area contributed by atoms with Crippen LogP contribution >= 0.6 is 0 Å². The second-order valence-corrected chi connectivity index (χ2v) is 8.10. The summed E-state index contributed by atoms with van der Waals surface area (Å²) in [6.07, 6.45) is 1.37. The molecule has 9 heteroatoms. The van der Waals surface area contributed by atoms with Gasteiger partial charge in [-0.2, -0.15) is 0 Å². The Kier molecular flexibility index (Phi) is 5.95. The number of rotatable bonds is 7. The van der Waals surface area contributed by atoms with Crippen LogP contribution in [0.15, 0.2) is 64.4 Å². The number of ketones is 1. The van der Waals surface area contributed by atoms with E-state index in [4.69, 9.17) is 4.74 Å². The topological polar surface area (TPSA) is 88.1 Å². The van der Waals surface area contributed by atoms with Crippen molar-refractivity contribution in [2.24, 2.45) is 5.92 Å². The molecule has 0 spiro atoms. The van der Waals surface area contributed by atoms with Crippen LogP contribution in [0.5, 0.6) is 5.75 Å². The third-order valence-corrected chi connectivity index (χ3v) is 5.26. The summed E-state index contributed by atoms with van der Waals surface area (Å²) < 4.78 is 22.4. The number of methoxy groups -OCH3 is 1. The summed E-state index contributed by atoms with van der Waals surface area (Å²) in [7, 11) is 1.54. The highest BCUT2D eigenvalue weighted by molar-refractivity contribution is 5.96. The van der Waals surface area contributed by atoms with Crippen LogP contribution in [0.25, 0.3) is 16.9 Å². The smallest absolute Gasteiger partial charge is 0.337 e. The first-order valence-corrected chi connectivity index (χ1v) is 10.4. The predicted molar refractivity (Wildman–Crippen MR) is 122 cm³/mol. The van der Waals surface area contributed by atoms with E-state index in [-0.39, 0.29) is 36.0 Å². The lowest BCUT2D eigenvalue weighted by Gasteiger charge is -2.14. The van der Waals surface area contributed by atoms with Gasteiger partial charge in [-0.3, -0.25) is 14.2 Å². The fourth-order valence-electron chi connectivity index (χ4n) is 3.67. The van der Waals surface area contributed by atoms with Gasteiger partial charge in [0.25, 0.3) is 5.56 Å². The molecular weight excluding hydrogens is 427 g/mol. The molecule has 0 amide bonds. The Morgan fingerprint density at radius 1 is 1.06 bits per heavy atom. The zero-order chi connectivity index (χ0) is 23.7. The Bertz CT molecular complexity index is 1430. The second kappa shape index (κ2) is 8.85. The van der Waals surface area contributed by atoms with E-state index in [1.54, 1.807) is 24.3 Å². The molecule has 2 heterocycles. The summed E-state index contributed by atoms with van der Waals surface area (Å²) in [6, 6.07) is 12.0. The Morgan fingerprint density at radius 3 is 2.33 bits per heavy atom. The lowest BCUT2D eigenvalue weighted by Crippen LogP contribution is -2.41. The Labute approximate surface area is 188 Å². The van der Waals surface area contributed by atoms with Gasteiger partial charge in [-0.25, -0.2) is 18.7 Å². The zero-order valence-corrected chi connectivity index (χ0v) is 18.5. The van der Waals surface area contributed by atoms with Crippen LogP contribution in [-0.2, 0) is 13.1 Å². The van der Waals surface area contributed by atoms with Gasteiger partial charge in [0, 0.05) is 12.1 Å². The third-order valence-electron chi connectivity index (χ3n) is 5.26. The van der Waals surface area contributed by atoms with Crippen LogP contribution < -0.4 is 16.0 Å². The Hall–Kier alpha value is -4.01. The molecule has 0 saturated carbocycles. The Balaban J connectivity index is 1.87. The van der Waals surface area contributed by atoms with Crippen molar-refractivity contribution in [3.8, 4) is 11.4 Å². The SMILES string of the molecule is COc1ccc(C(=O)Cn2cnc3c2c(=O)n(CC(C)C)c(=O)n3-c2ccc(F)cc2)cc1. The molecule has 0 aliphatic carbocycles. The average molecular weight is 450 g/mol. The van der Waals surface area contributed by atoms with Gasteiger partial charge in [-0.15, -0.1) is 0 Å². The largest absolute Gasteiger partial charge is 0.497 e. The molecule has 170 valence electrons. The van der Waals surface area contributed by atoms with Crippen molar-refractivity contribution in [2.75, 3.05) is 7.11 Å². The second-order valence-electron chi connectivity index (χ2n) is 8.10. The normalized spacial score (nSPS) is 11.3. The minimum atomic E-state index is -0.570. The van der Waals surface area contributed by atoms with Crippen LogP contribution in [0.3, 0.4) is 0 Å². The van der Waals surface area contributed by atoms with Crippen LogP contribution in [0.2, 0.25) is 0 Å². The molecule has 0 unspecified atom stereocenters. The molecule has 0 atom stereocenters. The van der Waals surface area contributed by atoms with E-state index in [9.17, 15) is 18.8 Å². The Morgan fingerprint density at radius 2 is 1.73 bits per heavy atom. The molecule has 0 bridgehead atoms. The van der Waals surface area contributed by atoms with Crippen LogP contribution in [-0.4, -0.2) is 31.6 Å². The molecule has 0 aliphatic rings. The maximum atomic E-state index is 13.5. The number of ether oxygens (including phenoxy) is 1. The maximum absolute atomic E-state index is 13.5. The van der Waals surface area contributed by atoms with Crippen molar-refractivity contribution >= 4 is 16.9 Å². The monoisotopic (exact) mass is 450 g/mol. The van der Waals surface area contributed by atoms with E-state index in [1.807, 2.05) is 13.8 Å². The van der Waals surface area contributed by atoms with Crippen molar-refractivity contribution in [3.05, 3.63) is 87.1 Å². The number of halogens is 1. The summed E-state index contributed by atoms with van der Waals surface area (Å²) in [6.45, 7) is 3.83. The lowest BCUT2D eigenvalue weighted by atomic mass is 10.1. The van der Waals surface area contributed by atoms with Crippen molar-refractivity contribution < 1.29 is 13.9 Å². The zero-order valence-electron chi connectivity index (χ0n) is 18.5. The summed E-state index contributed by atoms with van der Waals surface area (Å²) in [5.74, 6) is -0.0354. The lowest BCUT2D eigenvalue weighted by molar-refractivity contribution is 0.0973. The third kappa shape index (κ3) is 4.21. The van der Waals surface area contributed by atoms with Gasteiger partial charge in [0.2, 0.25) is 0 Å². The van der Waals surface area contributed by atoms with Gasteiger partial charge in [-0.05, 0) is 54.4 Å². The van der Waals surface area contributed by atoms with Crippen molar-refractivity contribution in [3.63, 3.8) is 0 Å². The minimum Gasteiger partial charge on any atom is -0.497 e. The maximum Gasteiger partial charge on any atom is 0.337 e. The summed E-state index contributed by atoms with van der Waals surface area (Å²) in [5.41, 5.74) is -0.0372. The summed E-state index contributed by atoms with van der Waals surface area (Å²) in [5, 5.41) is 0. The highest BCUT2D eigenvalue weighted by Crippen LogP contribution is 2.16. The highest BCUT2D eigenvalue weighted by Gasteiger charge is 2.21. The molecule has 2 aromatic carbocycles. The van der Waals surface area contributed by atoms with E-state index < -0.39 is 17.1 Å². The predicted octanol–water partition coefficient (Wildman–Crippen LogP) is 3.04. The molecule has 0 saturated heterocycles. The molecule has 4 aromatic rings.